The van der Waals surface area contributed by atoms with Crippen LogP contribution in [0.2, 0.25) is 0 Å². The Hall–Kier alpha value is -1.34. The molecule has 0 radical (unpaired) electrons. The maximum Gasteiger partial charge on any atom is 0.174 e. The van der Waals surface area contributed by atoms with Crippen molar-refractivity contribution in [2.45, 2.75) is 0 Å². The molecule has 4 heteroatoms. The molecule has 0 atom stereocenters. The molecule has 3 nitrogen and oxygen atoms in total. The van der Waals surface area contributed by atoms with Gasteiger partial charge in [-0.2, -0.15) is 5.26 Å². The minimum Gasteiger partial charge on any atom is -0.497 e. The molecule has 0 aliphatic carbocycles. The van der Waals surface area contributed by atoms with Crippen LogP contribution >= 0.6 is 15.9 Å². The Kier molecular flexibility index (Phi) is 3.66. The molecule has 0 aromatic heterocycles. The van der Waals surface area contributed by atoms with Gasteiger partial charge in [-0.15, -0.1) is 0 Å². The average Bonchev–Trinajstić information content (AvgIpc) is 2.27. The largest absolute Gasteiger partial charge is 0.497 e. The molecule has 0 aliphatic heterocycles. The third-order valence-corrected chi connectivity index (χ3v) is 2.28. The van der Waals surface area contributed by atoms with Crippen molar-refractivity contribution in [2.24, 2.45) is 0 Å². The summed E-state index contributed by atoms with van der Waals surface area (Å²) in [5, 5.41) is 9.03. The molecule has 0 spiro atoms. The summed E-state index contributed by atoms with van der Waals surface area (Å²) in [6.45, 7) is 0. The smallest absolute Gasteiger partial charge is 0.174 e. The van der Waals surface area contributed by atoms with Crippen LogP contribution in [0.4, 0.5) is 0 Å². The summed E-state index contributed by atoms with van der Waals surface area (Å²) in [6, 6.07) is 6.78. The molecule has 0 bridgehead atoms. The van der Waals surface area contributed by atoms with Crippen LogP contribution in [0.5, 0.6) is 5.75 Å². The summed E-state index contributed by atoms with van der Waals surface area (Å²) in [5.41, 5.74) is 0.763. The summed E-state index contributed by atoms with van der Waals surface area (Å²) < 4.78 is 4.95. The number of ether oxygens (including phenoxy) is 1. The molecule has 1 rings (SSSR count). The van der Waals surface area contributed by atoms with Crippen LogP contribution in [0.25, 0.3) is 0 Å². The van der Waals surface area contributed by atoms with Crippen molar-refractivity contribution >= 4 is 21.7 Å². The molecule has 0 aliphatic rings. The Morgan fingerprint density at radius 1 is 1.64 bits per heavy atom. The quantitative estimate of drug-likeness (QED) is 0.613. The standard InChI is InChI=1S/C10H8BrNO2/c1-14-8-2-3-9(10(13)5-11)7(4-8)6-12/h2-4H,5H2,1H3. The topological polar surface area (TPSA) is 50.1 Å². The van der Waals surface area contributed by atoms with Crippen molar-refractivity contribution in [1.82, 2.24) is 0 Å². The number of rotatable bonds is 3. The van der Waals surface area contributed by atoms with E-state index >= 15 is 0 Å². The van der Waals surface area contributed by atoms with Gasteiger partial charge in [-0.25, -0.2) is 0 Å². The van der Waals surface area contributed by atoms with Crippen LogP contribution in [0.1, 0.15) is 15.9 Å². The number of carbonyl (C=O) groups is 1. The van der Waals surface area contributed by atoms with E-state index in [-0.39, 0.29) is 11.1 Å². The number of halogens is 1. The maximum atomic E-state index is 11.4. The summed E-state index contributed by atoms with van der Waals surface area (Å²) in [7, 11) is 1.52. The highest BCUT2D eigenvalue weighted by Crippen LogP contribution is 2.17. The van der Waals surface area contributed by atoms with Crippen LogP contribution < -0.4 is 4.74 Å². The highest BCUT2D eigenvalue weighted by Gasteiger charge is 2.10. The van der Waals surface area contributed by atoms with Crippen molar-refractivity contribution in [2.75, 3.05) is 12.4 Å². The molecule has 0 fully saturated rings. The van der Waals surface area contributed by atoms with E-state index in [9.17, 15) is 4.79 Å². The van der Waals surface area contributed by atoms with Crippen molar-refractivity contribution in [3.05, 3.63) is 29.3 Å². The number of nitrogens with zero attached hydrogens (tertiary/aromatic N) is 1. The van der Waals surface area contributed by atoms with Crippen molar-refractivity contribution in [3.8, 4) is 11.8 Å². The predicted molar refractivity (Wildman–Crippen MR) is 55.8 cm³/mol. The molecular weight excluding hydrogens is 246 g/mol. The number of ketones is 1. The average molecular weight is 254 g/mol. The molecule has 0 N–H and O–H groups in total. The Morgan fingerprint density at radius 3 is 2.86 bits per heavy atom. The first kappa shape index (κ1) is 10.7. The maximum absolute atomic E-state index is 11.4. The van der Waals surface area contributed by atoms with E-state index in [2.05, 4.69) is 15.9 Å². The highest BCUT2D eigenvalue weighted by atomic mass is 79.9. The third-order valence-electron chi connectivity index (χ3n) is 1.77. The van der Waals surface area contributed by atoms with Gasteiger partial charge >= 0.3 is 0 Å². The number of nitriles is 1. The molecule has 0 amide bonds. The Morgan fingerprint density at radius 2 is 2.36 bits per heavy atom. The summed E-state index contributed by atoms with van der Waals surface area (Å²) in [6.07, 6.45) is 0. The van der Waals surface area contributed by atoms with Gasteiger partial charge in [-0.05, 0) is 18.2 Å². The fraction of sp³-hybridized carbons (Fsp3) is 0.200. The van der Waals surface area contributed by atoms with Gasteiger partial charge in [0.25, 0.3) is 0 Å². The zero-order valence-corrected chi connectivity index (χ0v) is 9.17. The van der Waals surface area contributed by atoms with E-state index < -0.39 is 0 Å². The highest BCUT2D eigenvalue weighted by molar-refractivity contribution is 9.09. The van der Waals surface area contributed by atoms with Gasteiger partial charge in [0.2, 0.25) is 0 Å². The summed E-state index contributed by atoms with van der Waals surface area (Å²) in [5.74, 6) is 0.469. The molecule has 0 heterocycles. The first-order valence-corrected chi connectivity index (χ1v) is 5.02. The number of Topliss-reactive ketones (excluding diaryl/α,β-unsaturated/α-hetero) is 1. The van der Waals surface area contributed by atoms with Crippen LogP contribution in [0, 0.1) is 11.3 Å². The lowest BCUT2D eigenvalue weighted by molar-refractivity contribution is 0.102. The van der Waals surface area contributed by atoms with Crippen molar-refractivity contribution in [1.29, 1.82) is 5.26 Å². The van der Waals surface area contributed by atoms with E-state index in [0.29, 0.717) is 16.9 Å². The number of hydrogen-bond acceptors (Lipinski definition) is 3. The number of benzene rings is 1. The van der Waals surface area contributed by atoms with E-state index in [1.54, 1.807) is 18.2 Å². The van der Waals surface area contributed by atoms with Crippen LogP contribution in [0.15, 0.2) is 18.2 Å². The van der Waals surface area contributed by atoms with Crippen LogP contribution in [-0.2, 0) is 0 Å². The molecule has 0 saturated carbocycles. The Bertz CT molecular complexity index is 396. The second kappa shape index (κ2) is 4.77. The van der Waals surface area contributed by atoms with Crippen LogP contribution in [0.3, 0.4) is 0 Å². The van der Waals surface area contributed by atoms with Crippen molar-refractivity contribution in [3.63, 3.8) is 0 Å². The van der Waals surface area contributed by atoms with Crippen molar-refractivity contribution < 1.29 is 9.53 Å². The third kappa shape index (κ3) is 2.12. The number of hydrogen-bond donors (Lipinski definition) is 0. The molecule has 0 saturated heterocycles. The van der Waals surface area contributed by atoms with Gasteiger partial charge in [-0.3, -0.25) is 4.79 Å². The summed E-state index contributed by atoms with van der Waals surface area (Å²) in [4.78, 5) is 11.4. The first-order valence-electron chi connectivity index (χ1n) is 3.90. The van der Waals surface area contributed by atoms with Crippen LogP contribution in [-0.4, -0.2) is 18.2 Å². The van der Waals surface area contributed by atoms with Gasteiger partial charge in [0.15, 0.2) is 5.78 Å². The number of alkyl halides is 1. The SMILES string of the molecule is COc1ccc(C(=O)CBr)c(C#N)c1. The van der Waals surface area contributed by atoms with Gasteiger partial charge in [-0.1, -0.05) is 15.9 Å². The predicted octanol–water partition coefficient (Wildman–Crippen LogP) is 2.14. The van der Waals surface area contributed by atoms with Gasteiger partial charge in [0, 0.05) is 5.56 Å². The molecule has 1 aromatic rings. The van der Waals surface area contributed by atoms with E-state index in [4.69, 9.17) is 10.00 Å². The summed E-state index contributed by atoms with van der Waals surface area (Å²) >= 11 is 3.06. The molecule has 72 valence electrons. The number of carbonyl (C=O) groups excluding carboxylic acids is 1. The fourth-order valence-corrected chi connectivity index (χ4v) is 1.36. The minimum atomic E-state index is -0.107. The van der Waals surface area contributed by atoms with Gasteiger partial charge in [0.1, 0.15) is 11.8 Å². The lowest BCUT2D eigenvalue weighted by Crippen LogP contribution is -2.03. The zero-order valence-electron chi connectivity index (χ0n) is 7.58. The normalized spacial score (nSPS) is 9.21. The van der Waals surface area contributed by atoms with Gasteiger partial charge in [0.05, 0.1) is 18.0 Å². The van der Waals surface area contributed by atoms with E-state index in [1.165, 1.54) is 7.11 Å². The first-order chi connectivity index (χ1) is 6.72. The van der Waals surface area contributed by atoms with E-state index in [0.717, 1.165) is 0 Å². The molecular formula is C10H8BrNO2. The Labute approximate surface area is 90.4 Å². The lowest BCUT2D eigenvalue weighted by Gasteiger charge is -2.03. The molecule has 1 aromatic carbocycles. The van der Waals surface area contributed by atoms with Gasteiger partial charge < -0.3 is 4.74 Å². The second-order valence-corrected chi connectivity index (χ2v) is 3.14. The van der Waals surface area contributed by atoms with E-state index in [1.807, 2.05) is 6.07 Å². The Balaban J connectivity index is 3.20. The minimum absolute atomic E-state index is 0.107. The molecule has 14 heavy (non-hydrogen) atoms. The fourth-order valence-electron chi connectivity index (χ4n) is 1.06. The second-order valence-electron chi connectivity index (χ2n) is 2.58. The zero-order chi connectivity index (χ0) is 10.6. The number of methoxy groups -OCH3 is 1. The lowest BCUT2D eigenvalue weighted by atomic mass is 10.1. The molecule has 0 unspecified atom stereocenters. The monoisotopic (exact) mass is 253 g/mol.